The summed E-state index contributed by atoms with van der Waals surface area (Å²) in [7, 11) is -2.97. The van der Waals surface area contributed by atoms with Crippen LogP contribution in [0.2, 0.25) is 0 Å². The first kappa shape index (κ1) is 14.1. The Morgan fingerprint density at radius 1 is 1.41 bits per heavy atom. The molecule has 0 atom stereocenters. The highest BCUT2D eigenvalue weighted by Crippen LogP contribution is 2.02. The van der Waals surface area contributed by atoms with E-state index in [9.17, 15) is 8.42 Å². The molecule has 5 nitrogen and oxygen atoms in total. The van der Waals surface area contributed by atoms with Gasteiger partial charge in [0.2, 0.25) is 0 Å². The maximum atomic E-state index is 11.1. The summed E-state index contributed by atoms with van der Waals surface area (Å²) in [5.41, 5.74) is 1.01. The second-order valence-corrected chi connectivity index (χ2v) is 6.25. The number of nitrogens with zero attached hydrogens (tertiary/aromatic N) is 2. The molecular formula is C11H18N2O3S. The largest absolute Gasteiger partial charge is 0.395 e. The third-order valence-corrected chi connectivity index (χ3v) is 3.25. The van der Waals surface area contributed by atoms with E-state index in [0.717, 1.165) is 5.56 Å². The molecule has 0 spiro atoms. The number of pyridine rings is 1. The van der Waals surface area contributed by atoms with E-state index in [2.05, 4.69) is 4.98 Å². The van der Waals surface area contributed by atoms with Gasteiger partial charge in [0.25, 0.3) is 0 Å². The lowest BCUT2D eigenvalue weighted by molar-refractivity contribution is 0.197. The van der Waals surface area contributed by atoms with Crippen molar-refractivity contribution in [3.63, 3.8) is 0 Å². The van der Waals surface area contributed by atoms with Crippen LogP contribution in [-0.4, -0.2) is 55.1 Å². The standard InChI is InChI=1S/C11H18N2O3S/c1-17(15,16)8-6-13(5-7-14)10-11-3-2-4-12-9-11/h2-4,9,14H,5-8,10H2,1H3. The summed E-state index contributed by atoms with van der Waals surface area (Å²) in [6.07, 6.45) is 4.65. The van der Waals surface area contributed by atoms with Gasteiger partial charge >= 0.3 is 0 Å². The minimum atomic E-state index is -2.97. The van der Waals surface area contributed by atoms with Crippen molar-refractivity contribution in [1.82, 2.24) is 9.88 Å². The van der Waals surface area contributed by atoms with Crippen LogP contribution >= 0.6 is 0 Å². The maximum Gasteiger partial charge on any atom is 0.148 e. The molecule has 1 N–H and O–H groups in total. The first-order chi connectivity index (χ1) is 8.01. The average molecular weight is 258 g/mol. The fraction of sp³-hybridized carbons (Fsp3) is 0.545. The van der Waals surface area contributed by atoms with Gasteiger partial charge in [-0.1, -0.05) is 6.07 Å². The smallest absolute Gasteiger partial charge is 0.148 e. The molecule has 0 bridgehead atoms. The van der Waals surface area contributed by atoms with Gasteiger partial charge in [0.15, 0.2) is 0 Å². The lowest BCUT2D eigenvalue weighted by Crippen LogP contribution is -2.31. The van der Waals surface area contributed by atoms with Crippen LogP contribution in [-0.2, 0) is 16.4 Å². The molecular weight excluding hydrogens is 240 g/mol. The Balaban J connectivity index is 2.54. The lowest BCUT2D eigenvalue weighted by Gasteiger charge is -2.20. The van der Waals surface area contributed by atoms with E-state index >= 15 is 0 Å². The van der Waals surface area contributed by atoms with Crippen LogP contribution in [0.5, 0.6) is 0 Å². The number of hydrogen-bond donors (Lipinski definition) is 1. The van der Waals surface area contributed by atoms with Gasteiger partial charge in [-0.2, -0.15) is 0 Å². The van der Waals surface area contributed by atoms with Crippen molar-refractivity contribution in [3.05, 3.63) is 30.1 Å². The Labute approximate surface area is 102 Å². The van der Waals surface area contributed by atoms with Gasteiger partial charge in [-0.15, -0.1) is 0 Å². The van der Waals surface area contributed by atoms with Gasteiger partial charge < -0.3 is 5.11 Å². The van der Waals surface area contributed by atoms with E-state index in [-0.39, 0.29) is 12.4 Å². The minimum Gasteiger partial charge on any atom is -0.395 e. The summed E-state index contributed by atoms with van der Waals surface area (Å²) in [5, 5.41) is 8.94. The molecule has 1 aromatic heterocycles. The van der Waals surface area contributed by atoms with Gasteiger partial charge in [-0.3, -0.25) is 9.88 Å². The Morgan fingerprint density at radius 3 is 2.71 bits per heavy atom. The molecule has 0 fully saturated rings. The third kappa shape index (κ3) is 6.35. The van der Waals surface area contributed by atoms with Gasteiger partial charge in [0.1, 0.15) is 9.84 Å². The van der Waals surface area contributed by atoms with Crippen molar-refractivity contribution in [2.45, 2.75) is 6.54 Å². The highest BCUT2D eigenvalue weighted by Gasteiger charge is 2.09. The molecule has 0 saturated carbocycles. The summed E-state index contributed by atoms with van der Waals surface area (Å²) in [6.45, 7) is 1.51. The SMILES string of the molecule is CS(=O)(=O)CCN(CCO)Cc1cccnc1. The van der Waals surface area contributed by atoms with Gasteiger partial charge in [0.05, 0.1) is 12.4 Å². The van der Waals surface area contributed by atoms with Crippen molar-refractivity contribution >= 4 is 9.84 Å². The molecule has 1 heterocycles. The quantitative estimate of drug-likeness (QED) is 0.741. The van der Waals surface area contributed by atoms with Crippen molar-refractivity contribution in [2.24, 2.45) is 0 Å². The Kier molecular flexibility index (Phi) is 5.54. The normalized spacial score (nSPS) is 11.9. The molecule has 0 aliphatic rings. The number of aromatic nitrogens is 1. The summed E-state index contributed by atoms with van der Waals surface area (Å²) in [6, 6.07) is 3.76. The minimum absolute atomic E-state index is 0.0179. The molecule has 0 saturated heterocycles. The van der Waals surface area contributed by atoms with Crippen LogP contribution in [0.3, 0.4) is 0 Å². The van der Waals surface area contributed by atoms with Gasteiger partial charge in [0, 0.05) is 38.3 Å². The molecule has 0 aromatic carbocycles. The number of aliphatic hydroxyl groups excluding tert-OH is 1. The van der Waals surface area contributed by atoms with Crippen molar-refractivity contribution in [2.75, 3.05) is 31.7 Å². The lowest BCUT2D eigenvalue weighted by atomic mass is 10.2. The van der Waals surface area contributed by atoms with Crippen LogP contribution in [0, 0.1) is 0 Å². The monoisotopic (exact) mass is 258 g/mol. The zero-order chi connectivity index (χ0) is 12.7. The molecule has 1 rings (SSSR count). The van der Waals surface area contributed by atoms with Gasteiger partial charge in [-0.25, -0.2) is 8.42 Å². The van der Waals surface area contributed by atoms with E-state index in [4.69, 9.17) is 5.11 Å². The summed E-state index contributed by atoms with van der Waals surface area (Å²) in [5.74, 6) is 0.104. The molecule has 0 radical (unpaired) electrons. The van der Waals surface area contributed by atoms with E-state index in [1.807, 2.05) is 17.0 Å². The molecule has 6 heteroatoms. The number of aliphatic hydroxyl groups is 1. The van der Waals surface area contributed by atoms with Crippen LogP contribution in [0.1, 0.15) is 5.56 Å². The zero-order valence-electron chi connectivity index (χ0n) is 9.91. The van der Waals surface area contributed by atoms with E-state index < -0.39 is 9.84 Å². The van der Waals surface area contributed by atoms with Crippen LogP contribution in [0.25, 0.3) is 0 Å². The predicted octanol–water partition coefficient (Wildman–Crippen LogP) is -0.0795. The zero-order valence-corrected chi connectivity index (χ0v) is 10.7. The van der Waals surface area contributed by atoms with E-state index in [0.29, 0.717) is 19.6 Å². The van der Waals surface area contributed by atoms with Crippen LogP contribution in [0.15, 0.2) is 24.5 Å². The molecule has 0 amide bonds. The fourth-order valence-electron chi connectivity index (χ4n) is 1.46. The molecule has 0 aliphatic heterocycles. The van der Waals surface area contributed by atoms with Crippen LogP contribution in [0.4, 0.5) is 0 Å². The fourth-order valence-corrected chi connectivity index (χ4v) is 2.05. The number of hydrogen-bond acceptors (Lipinski definition) is 5. The number of sulfone groups is 1. The third-order valence-electron chi connectivity index (χ3n) is 2.32. The Hall–Kier alpha value is -0.980. The van der Waals surface area contributed by atoms with E-state index in [1.54, 1.807) is 12.4 Å². The molecule has 96 valence electrons. The summed E-state index contributed by atoms with van der Waals surface area (Å²) < 4.78 is 22.2. The summed E-state index contributed by atoms with van der Waals surface area (Å²) >= 11 is 0. The van der Waals surface area contributed by atoms with Crippen molar-refractivity contribution in [3.8, 4) is 0 Å². The molecule has 17 heavy (non-hydrogen) atoms. The Morgan fingerprint density at radius 2 is 2.18 bits per heavy atom. The number of rotatable bonds is 7. The molecule has 0 unspecified atom stereocenters. The highest BCUT2D eigenvalue weighted by molar-refractivity contribution is 7.90. The van der Waals surface area contributed by atoms with Crippen LogP contribution < -0.4 is 0 Å². The second kappa shape index (κ2) is 6.68. The van der Waals surface area contributed by atoms with Crippen molar-refractivity contribution < 1.29 is 13.5 Å². The highest BCUT2D eigenvalue weighted by atomic mass is 32.2. The average Bonchev–Trinajstić information content (AvgIpc) is 2.27. The second-order valence-electron chi connectivity index (χ2n) is 3.99. The first-order valence-corrected chi connectivity index (χ1v) is 7.47. The summed E-state index contributed by atoms with van der Waals surface area (Å²) in [4.78, 5) is 5.90. The molecule has 1 aromatic rings. The topological polar surface area (TPSA) is 70.5 Å². The van der Waals surface area contributed by atoms with Crippen molar-refractivity contribution in [1.29, 1.82) is 0 Å². The van der Waals surface area contributed by atoms with E-state index in [1.165, 1.54) is 6.26 Å². The maximum absolute atomic E-state index is 11.1. The predicted molar refractivity (Wildman–Crippen MR) is 66.3 cm³/mol. The van der Waals surface area contributed by atoms with Gasteiger partial charge in [-0.05, 0) is 11.6 Å². The molecule has 0 aliphatic carbocycles. The first-order valence-electron chi connectivity index (χ1n) is 5.41. The Bertz CT molecular complexity index is 420.